The molecule has 0 aromatic heterocycles. The Bertz CT molecular complexity index is 869. The van der Waals surface area contributed by atoms with Crippen molar-refractivity contribution in [3.63, 3.8) is 0 Å². The zero-order valence-electron chi connectivity index (χ0n) is 19.0. The van der Waals surface area contributed by atoms with Gasteiger partial charge in [-0.05, 0) is 74.2 Å². The molecule has 174 valence electrons. The molecule has 4 aliphatic rings. The second-order valence-electron chi connectivity index (χ2n) is 10.3. The first-order valence-corrected chi connectivity index (χ1v) is 12.3. The van der Waals surface area contributed by atoms with Crippen molar-refractivity contribution in [2.45, 2.75) is 76.7 Å². The van der Waals surface area contributed by atoms with E-state index >= 15 is 0 Å². The zero-order valence-corrected chi connectivity index (χ0v) is 19.0. The number of rotatable bonds is 6. The van der Waals surface area contributed by atoms with Gasteiger partial charge in [0.15, 0.2) is 0 Å². The zero-order chi connectivity index (χ0) is 22.2. The molecule has 3 fully saturated rings. The number of likely N-dealkylation sites (tertiary alicyclic amines) is 1. The second-order valence-corrected chi connectivity index (χ2v) is 10.3. The van der Waals surface area contributed by atoms with E-state index in [1.165, 1.54) is 45.2 Å². The molecule has 2 unspecified atom stereocenters. The summed E-state index contributed by atoms with van der Waals surface area (Å²) in [5.74, 6) is 2.29. The lowest BCUT2D eigenvalue weighted by Crippen LogP contribution is -2.55. The monoisotopic (exact) mass is 441 g/mol. The van der Waals surface area contributed by atoms with Crippen LogP contribution in [0.5, 0.6) is 5.75 Å². The molecule has 3 heterocycles. The Hall–Kier alpha value is -2.12. The number of carbonyl (C=O) groups excluding carboxylic acids is 2. The molecule has 3 atom stereocenters. The van der Waals surface area contributed by atoms with Gasteiger partial charge in [0, 0.05) is 31.1 Å². The van der Waals surface area contributed by atoms with Crippen LogP contribution in [-0.2, 0) is 11.3 Å². The Balaban J connectivity index is 1.20. The summed E-state index contributed by atoms with van der Waals surface area (Å²) < 4.78 is 6.23. The number of hydrogen-bond donors (Lipinski definition) is 2. The maximum absolute atomic E-state index is 12.9. The standard InChI is InChI=1S/C25H35N3O4/c1-16-10-17(11-16)13-27-9-3-2-4-19(27)15-32-20-5-6-21-18(12-20)14-28(25(21)31)22-7-8-23(29)26-24(22)30/h5-6,12,16-17,19,22,24,30H,2-4,7-11,13-15H2,1H3,(H,26,29)/t16?,17?,19-,22?,24?/m1/s1. The molecule has 0 spiro atoms. The molecule has 1 aliphatic carbocycles. The first-order chi connectivity index (χ1) is 15.5. The van der Waals surface area contributed by atoms with E-state index in [4.69, 9.17) is 4.74 Å². The molecule has 2 saturated heterocycles. The summed E-state index contributed by atoms with van der Waals surface area (Å²) in [5, 5.41) is 12.8. The van der Waals surface area contributed by atoms with E-state index in [1.54, 1.807) is 4.90 Å². The number of piperidine rings is 2. The van der Waals surface area contributed by atoms with Crippen LogP contribution in [0.2, 0.25) is 0 Å². The smallest absolute Gasteiger partial charge is 0.254 e. The molecule has 5 rings (SSSR count). The molecule has 7 nitrogen and oxygen atoms in total. The second kappa shape index (κ2) is 9.02. The molecule has 7 heteroatoms. The minimum absolute atomic E-state index is 0.0834. The lowest BCUT2D eigenvalue weighted by Gasteiger charge is -2.42. The highest BCUT2D eigenvalue weighted by Crippen LogP contribution is 2.35. The first-order valence-electron chi connectivity index (χ1n) is 12.3. The predicted octanol–water partition coefficient (Wildman–Crippen LogP) is 2.52. The maximum Gasteiger partial charge on any atom is 0.254 e. The van der Waals surface area contributed by atoms with Crippen LogP contribution in [0.1, 0.15) is 67.8 Å². The fourth-order valence-corrected chi connectivity index (χ4v) is 6.00. The van der Waals surface area contributed by atoms with Crippen LogP contribution in [0.15, 0.2) is 18.2 Å². The van der Waals surface area contributed by atoms with E-state index < -0.39 is 6.23 Å². The van der Waals surface area contributed by atoms with Crippen LogP contribution >= 0.6 is 0 Å². The Kier molecular flexibility index (Phi) is 6.12. The van der Waals surface area contributed by atoms with Crippen molar-refractivity contribution < 1.29 is 19.4 Å². The predicted molar refractivity (Wildman–Crippen MR) is 120 cm³/mol. The van der Waals surface area contributed by atoms with Gasteiger partial charge in [0.2, 0.25) is 5.91 Å². The van der Waals surface area contributed by atoms with Gasteiger partial charge in [-0.2, -0.15) is 0 Å². The summed E-state index contributed by atoms with van der Waals surface area (Å²) in [6, 6.07) is 5.78. The Labute approximate surface area is 190 Å². The number of nitrogens with zero attached hydrogens (tertiary/aromatic N) is 2. The highest BCUT2D eigenvalue weighted by Gasteiger charge is 2.39. The van der Waals surface area contributed by atoms with Gasteiger partial charge in [-0.3, -0.25) is 14.5 Å². The lowest BCUT2D eigenvalue weighted by molar-refractivity contribution is -0.129. The fraction of sp³-hybridized carbons (Fsp3) is 0.680. The first kappa shape index (κ1) is 21.7. The lowest BCUT2D eigenvalue weighted by atomic mass is 9.75. The number of aliphatic hydroxyl groups excluding tert-OH is 1. The number of carbonyl (C=O) groups is 2. The third-order valence-corrected chi connectivity index (χ3v) is 7.81. The van der Waals surface area contributed by atoms with E-state index in [0.29, 0.717) is 37.6 Å². The summed E-state index contributed by atoms with van der Waals surface area (Å²) in [5.41, 5.74) is 1.60. The summed E-state index contributed by atoms with van der Waals surface area (Å²) in [4.78, 5) is 28.7. The molecule has 3 aliphatic heterocycles. The minimum Gasteiger partial charge on any atom is -0.492 e. The molecular formula is C25H35N3O4. The van der Waals surface area contributed by atoms with Gasteiger partial charge in [-0.15, -0.1) is 0 Å². The van der Waals surface area contributed by atoms with Crippen LogP contribution in [0.4, 0.5) is 0 Å². The summed E-state index contributed by atoms with van der Waals surface area (Å²) in [6.45, 7) is 5.85. The van der Waals surface area contributed by atoms with Gasteiger partial charge in [-0.1, -0.05) is 13.3 Å². The van der Waals surface area contributed by atoms with Crippen molar-refractivity contribution in [3.8, 4) is 5.75 Å². The van der Waals surface area contributed by atoms with Crippen molar-refractivity contribution in [3.05, 3.63) is 29.3 Å². The van der Waals surface area contributed by atoms with Crippen LogP contribution in [0.25, 0.3) is 0 Å². The molecule has 1 aromatic rings. The van der Waals surface area contributed by atoms with Gasteiger partial charge in [-0.25, -0.2) is 0 Å². The van der Waals surface area contributed by atoms with E-state index in [2.05, 4.69) is 17.1 Å². The molecule has 1 aromatic carbocycles. The van der Waals surface area contributed by atoms with Crippen molar-refractivity contribution in [2.24, 2.45) is 11.8 Å². The van der Waals surface area contributed by atoms with Crippen LogP contribution in [-0.4, -0.2) is 64.7 Å². The van der Waals surface area contributed by atoms with Crippen molar-refractivity contribution >= 4 is 11.8 Å². The number of ether oxygens (including phenoxy) is 1. The molecule has 2 N–H and O–H groups in total. The molecule has 1 saturated carbocycles. The highest BCUT2D eigenvalue weighted by molar-refractivity contribution is 5.99. The van der Waals surface area contributed by atoms with Crippen LogP contribution in [0, 0.1) is 11.8 Å². The molecule has 2 amide bonds. The summed E-state index contributed by atoms with van der Waals surface area (Å²) in [6.07, 6.45) is 6.24. The highest BCUT2D eigenvalue weighted by atomic mass is 16.5. The average molecular weight is 442 g/mol. The third-order valence-electron chi connectivity index (χ3n) is 7.81. The number of aliphatic hydroxyl groups is 1. The topological polar surface area (TPSA) is 82.1 Å². The van der Waals surface area contributed by atoms with E-state index in [9.17, 15) is 14.7 Å². The Morgan fingerprint density at radius 2 is 2.03 bits per heavy atom. The largest absolute Gasteiger partial charge is 0.492 e. The summed E-state index contributed by atoms with van der Waals surface area (Å²) in [7, 11) is 0. The number of amides is 2. The average Bonchev–Trinajstić information content (AvgIpc) is 3.07. The van der Waals surface area contributed by atoms with E-state index in [0.717, 1.165) is 23.1 Å². The molecular weight excluding hydrogens is 406 g/mol. The van der Waals surface area contributed by atoms with Crippen LogP contribution in [0.3, 0.4) is 0 Å². The SMILES string of the molecule is CC1CC(CN2CCCC[C@@H]2COc2ccc3c(c2)CN(C2CCC(=O)NC2O)C3=O)C1. The normalized spacial score (nSPS) is 32.9. The number of nitrogens with one attached hydrogen (secondary N) is 1. The Morgan fingerprint density at radius 3 is 2.81 bits per heavy atom. The van der Waals surface area contributed by atoms with Crippen molar-refractivity contribution in [1.82, 2.24) is 15.1 Å². The molecule has 32 heavy (non-hydrogen) atoms. The van der Waals surface area contributed by atoms with Gasteiger partial charge in [0.25, 0.3) is 5.91 Å². The van der Waals surface area contributed by atoms with Crippen LogP contribution < -0.4 is 10.1 Å². The maximum atomic E-state index is 12.9. The van der Waals surface area contributed by atoms with Crippen molar-refractivity contribution in [2.75, 3.05) is 19.7 Å². The molecule has 0 radical (unpaired) electrons. The minimum atomic E-state index is -1.01. The van der Waals surface area contributed by atoms with Gasteiger partial charge >= 0.3 is 0 Å². The third kappa shape index (κ3) is 4.37. The summed E-state index contributed by atoms with van der Waals surface area (Å²) >= 11 is 0. The van der Waals surface area contributed by atoms with E-state index in [-0.39, 0.29) is 17.9 Å². The van der Waals surface area contributed by atoms with E-state index in [1.807, 2.05) is 18.2 Å². The van der Waals surface area contributed by atoms with Gasteiger partial charge in [0.05, 0.1) is 6.04 Å². The Morgan fingerprint density at radius 1 is 1.19 bits per heavy atom. The fourth-order valence-electron chi connectivity index (χ4n) is 6.00. The number of hydrogen-bond acceptors (Lipinski definition) is 5. The van der Waals surface area contributed by atoms with Crippen molar-refractivity contribution in [1.29, 1.82) is 0 Å². The quantitative estimate of drug-likeness (QED) is 0.709. The molecule has 0 bridgehead atoms. The number of fused-ring (bicyclic) bond motifs is 1. The number of benzene rings is 1. The van der Waals surface area contributed by atoms with Gasteiger partial charge in [0.1, 0.15) is 18.6 Å². The van der Waals surface area contributed by atoms with Gasteiger partial charge < -0.3 is 20.1 Å².